The molecule has 0 radical (unpaired) electrons. The molecule has 3 N–H and O–H groups in total. The van der Waals surface area contributed by atoms with Gasteiger partial charge in [0.2, 0.25) is 5.76 Å². The van der Waals surface area contributed by atoms with Gasteiger partial charge in [-0.15, -0.1) is 11.3 Å². The van der Waals surface area contributed by atoms with Crippen LogP contribution in [0.25, 0.3) is 10.4 Å². The Hall–Kier alpha value is -2.80. The Morgan fingerprint density at radius 3 is 2.61 bits per heavy atom. The topological polar surface area (TPSA) is 90.7 Å². The molecule has 0 bridgehead atoms. The number of carbonyl (C=O) groups is 2. The number of hydrogen-bond acceptors (Lipinski definition) is 5. The van der Waals surface area contributed by atoms with Gasteiger partial charge < -0.3 is 20.5 Å². The second kappa shape index (κ2) is 6.53. The molecule has 0 spiro atoms. The van der Waals surface area contributed by atoms with Crippen LogP contribution in [0, 0.1) is 0 Å². The molecule has 3 rings (SSSR count). The summed E-state index contributed by atoms with van der Waals surface area (Å²) in [4.78, 5) is 24.6. The van der Waals surface area contributed by atoms with Crippen molar-refractivity contribution >= 4 is 28.2 Å². The van der Waals surface area contributed by atoms with Crippen LogP contribution in [0.2, 0.25) is 0 Å². The van der Waals surface area contributed by atoms with Crippen molar-refractivity contribution in [3.8, 4) is 10.4 Å². The standard InChI is InChI=1S/C16H14N2O4S/c17-14(19)11-8-13(10-4-2-1-3-5-10)23-16(11)18-15(20)12-9-21-6-7-22-12/h1-5,8-9H,6-7H2,(H2,17,19)(H,18,20). The summed E-state index contributed by atoms with van der Waals surface area (Å²) in [6.07, 6.45) is 1.26. The first-order chi connectivity index (χ1) is 11.1. The first-order valence-electron chi connectivity index (χ1n) is 6.90. The van der Waals surface area contributed by atoms with E-state index in [4.69, 9.17) is 15.2 Å². The molecule has 2 aromatic rings. The van der Waals surface area contributed by atoms with Crippen molar-refractivity contribution in [1.82, 2.24) is 0 Å². The first-order valence-corrected chi connectivity index (χ1v) is 7.72. The number of rotatable bonds is 4. The van der Waals surface area contributed by atoms with E-state index in [-0.39, 0.29) is 11.3 Å². The second-order valence-corrected chi connectivity index (χ2v) is 5.79. The lowest BCUT2D eigenvalue weighted by molar-refractivity contribution is -0.117. The number of nitrogens with one attached hydrogen (secondary N) is 1. The summed E-state index contributed by atoms with van der Waals surface area (Å²) in [5, 5.41) is 3.04. The third-order valence-corrected chi connectivity index (χ3v) is 4.26. The lowest BCUT2D eigenvalue weighted by Gasteiger charge is -2.14. The number of amides is 2. The van der Waals surface area contributed by atoms with Gasteiger partial charge in [0, 0.05) is 4.88 Å². The van der Waals surface area contributed by atoms with Crippen molar-refractivity contribution in [2.24, 2.45) is 5.73 Å². The van der Waals surface area contributed by atoms with E-state index in [0.717, 1.165) is 10.4 Å². The minimum absolute atomic E-state index is 0.0707. The van der Waals surface area contributed by atoms with Crippen LogP contribution >= 0.6 is 11.3 Å². The highest BCUT2D eigenvalue weighted by molar-refractivity contribution is 7.20. The highest BCUT2D eigenvalue weighted by Crippen LogP contribution is 2.35. The predicted octanol–water partition coefficient (Wildman–Crippen LogP) is 2.34. The van der Waals surface area contributed by atoms with E-state index < -0.39 is 11.8 Å². The zero-order valence-electron chi connectivity index (χ0n) is 12.1. The molecule has 0 aliphatic carbocycles. The summed E-state index contributed by atoms with van der Waals surface area (Å²) in [6.45, 7) is 0.710. The van der Waals surface area contributed by atoms with Gasteiger partial charge in [0.1, 0.15) is 24.5 Å². The quantitative estimate of drug-likeness (QED) is 0.900. The molecule has 0 unspecified atom stereocenters. The molecular formula is C16H14N2O4S. The summed E-state index contributed by atoms with van der Waals surface area (Å²) in [7, 11) is 0. The van der Waals surface area contributed by atoms with Crippen LogP contribution < -0.4 is 11.1 Å². The van der Waals surface area contributed by atoms with Crippen LogP contribution in [0.4, 0.5) is 5.00 Å². The number of hydrogen-bond donors (Lipinski definition) is 2. The molecule has 1 aliphatic heterocycles. The van der Waals surface area contributed by atoms with Gasteiger partial charge in [-0.2, -0.15) is 0 Å². The fourth-order valence-electron chi connectivity index (χ4n) is 2.06. The first kappa shape index (κ1) is 15.1. The molecule has 0 saturated heterocycles. The van der Waals surface area contributed by atoms with Gasteiger partial charge in [-0.05, 0) is 11.6 Å². The molecule has 0 fully saturated rings. The number of benzene rings is 1. The van der Waals surface area contributed by atoms with Gasteiger partial charge >= 0.3 is 0 Å². The maximum absolute atomic E-state index is 12.2. The van der Waals surface area contributed by atoms with Crippen molar-refractivity contribution < 1.29 is 19.1 Å². The van der Waals surface area contributed by atoms with E-state index in [1.165, 1.54) is 17.6 Å². The van der Waals surface area contributed by atoms with Crippen molar-refractivity contribution in [2.75, 3.05) is 18.5 Å². The van der Waals surface area contributed by atoms with Gasteiger partial charge in [0.25, 0.3) is 11.8 Å². The average molecular weight is 330 g/mol. The molecule has 0 atom stereocenters. The van der Waals surface area contributed by atoms with Gasteiger partial charge in [-0.1, -0.05) is 30.3 Å². The smallest absolute Gasteiger partial charge is 0.294 e. The molecule has 7 heteroatoms. The fraction of sp³-hybridized carbons (Fsp3) is 0.125. The molecular weight excluding hydrogens is 316 g/mol. The summed E-state index contributed by atoms with van der Waals surface area (Å²) in [5.41, 5.74) is 6.61. The summed E-state index contributed by atoms with van der Waals surface area (Å²) >= 11 is 1.28. The second-order valence-electron chi connectivity index (χ2n) is 4.74. The number of anilines is 1. The van der Waals surface area contributed by atoms with E-state index in [1.54, 1.807) is 6.07 Å². The number of nitrogens with two attached hydrogens (primary N) is 1. The zero-order valence-corrected chi connectivity index (χ0v) is 12.9. The minimum atomic E-state index is -0.603. The average Bonchev–Trinajstić information content (AvgIpc) is 3.00. The van der Waals surface area contributed by atoms with E-state index in [1.807, 2.05) is 30.3 Å². The van der Waals surface area contributed by atoms with Crippen molar-refractivity contribution in [3.05, 3.63) is 54.0 Å². The molecule has 1 aromatic heterocycles. The Balaban J connectivity index is 1.89. The normalized spacial score (nSPS) is 13.5. The monoisotopic (exact) mass is 330 g/mol. The highest BCUT2D eigenvalue weighted by Gasteiger charge is 2.20. The Morgan fingerprint density at radius 2 is 1.96 bits per heavy atom. The predicted molar refractivity (Wildman–Crippen MR) is 86.9 cm³/mol. The fourth-order valence-corrected chi connectivity index (χ4v) is 3.13. The maximum atomic E-state index is 12.2. The van der Waals surface area contributed by atoms with Gasteiger partial charge in [-0.25, -0.2) is 0 Å². The molecule has 2 heterocycles. The van der Waals surface area contributed by atoms with Crippen LogP contribution in [0.3, 0.4) is 0 Å². The van der Waals surface area contributed by atoms with Gasteiger partial charge in [0.05, 0.1) is 5.56 Å². The van der Waals surface area contributed by atoms with Crippen molar-refractivity contribution in [3.63, 3.8) is 0 Å². The molecule has 118 valence electrons. The van der Waals surface area contributed by atoms with Gasteiger partial charge in [0.15, 0.2) is 0 Å². The van der Waals surface area contributed by atoms with E-state index in [0.29, 0.717) is 18.2 Å². The SMILES string of the molecule is NC(=O)c1cc(-c2ccccc2)sc1NC(=O)C1=COCCO1. The van der Waals surface area contributed by atoms with Crippen LogP contribution in [-0.2, 0) is 14.3 Å². The minimum Gasteiger partial charge on any atom is -0.494 e. The van der Waals surface area contributed by atoms with Crippen molar-refractivity contribution in [2.45, 2.75) is 0 Å². The molecule has 1 aromatic carbocycles. The van der Waals surface area contributed by atoms with E-state index in [9.17, 15) is 9.59 Å². The Labute approximate surface area is 136 Å². The zero-order chi connectivity index (χ0) is 16.2. The molecule has 6 nitrogen and oxygen atoms in total. The summed E-state index contributed by atoms with van der Waals surface area (Å²) in [5.74, 6) is -1.01. The van der Waals surface area contributed by atoms with Crippen molar-refractivity contribution in [1.29, 1.82) is 0 Å². The third kappa shape index (κ3) is 3.35. The lowest BCUT2D eigenvalue weighted by atomic mass is 10.1. The Morgan fingerprint density at radius 1 is 1.17 bits per heavy atom. The van der Waals surface area contributed by atoms with E-state index in [2.05, 4.69) is 5.32 Å². The van der Waals surface area contributed by atoms with E-state index >= 15 is 0 Å². The molecule has 0 saturated carbocycles. The molecule has 23 heavy (non-hydrogen) atoms. The summed E-state index contributed by atoms with van der Waals surface area (Å²) < 4.78 is 10.3. The Kier molecular flexibility index (Phi) is 4.29. The molecule has 2 amide bonds. The van der Waals surface area contributed by atoms with Crippen LogP contribution in [-0.4, -0.2) is 25.0 Å². The summed E-state index contributed by atoms with van der Waals surface area (Å²) in [6, 6.07) is 11.2. The number of thiophene rings is 1. The Bertz CT molecular complexity index is 768. The molecule has 1 aliphatic rings. The van der Waals surface area contributed by atoms with Gasteiger partial charge in [-0.3, -0.25) is 9.59 Å². The van der Waals surface area contributed by atoms with Crippen LogP contribution in [0.5, 0.6) is 0 Å². The number of primary amides is 1. The highest BCUT2D eigenvalue weighted by atomic mass is 32.1. The third-order valence-electron chi connectivity index (χ3n) is 3.16. The number of carbonyl (C=O) groups excluding carboxylic acids is 2. The van der Waals surface area contributed by atoms with Crippen LogP contribution in [0.15, 0.2) is 48.4 Å². The number of ether oxygens (including phenoxy) is 2. The maximum Gasteiger partial charge on any atom is 0.294 e. The largest absolute Gasteiger partial charge is 0.494 e. The lowest BCUT2D eigenvalue weighted by Crippen LogP contribution is -2.22. The van der Waals surface area contributed by atoms with Crippen LogP contribution in [0.1, 0.15) is 10.4 Å².